The first-order valence-corrected chi connectivity index (χ1v) is 27.7. The second-order valence-electron chi connectivity index (χ2n) is 20.9. The van der Waals surface area contributed by atoms with Crippen LogP contribution in [0.4, 0.5) is 4.79 Å². The van der Waals surface area contributed by atoms with E-state index in [0.29, 0.717) is 35.5 Å². The Morgan fingerprint density at radius 1 is 0.675 bits per heavy atom. The molecule has 0 unspecified atom stereocenters. The molecular weight excluding hydrogens is 1020 g/mol. The molecule has 3 saturated heterocycles. The lowest BCUT2D eigenvalue weighted by Crippen LogP contribution is -2.60. The van der Waals surface area contributed by atoms with Gasteiger partial charge in [-0.25, -0.2) is 4.79 Å². The van der Waals surface area contributed by atoms with Crippen LogP contribution in [0.2, 0.25) is 0 Å². The number of H-pyrrole nitrogens is 1. The van der Waals surface area contributed by atoms with Crippen LogP contribution >= 0.6 is 0 Å². The average Bonchev–Trinajstić information content (AvgIpc) is 4.24. The van der Waals surface area contributed by atoms with E-state index in [9.17, 15) is 4.79 Å². The predicted molar refractivity (Wildman–Crippen MR) is 300 cm³/mol. The number of para-hydroxylation sites is 2. The van der Waals surface area contributed by atoms with Gasteiger partial charge in [-0.3, -0.25) is 33.8 Å². The molecule has 5 heterocycles. The molecule has 7 atom stereocenters. The number of pyridine rings is 1. The zero-order chi connectivity index (χ0) is 55.8. The van der Waals surface area contributed by atoms with Gasteiger partial charge >= 0.3 is 6.09 Å². The topological polar surface area (TPSA) is 268 Å². The molecule has 0 radical (unpaired) electrons. The molecule has 0 aliphatic carbocycles. The standard InChI is InChI=1S/C61H70N10O9/c62-25-29-65-61(78)80-47-35-54-59(76)67-50(22-19-39-10-3-1-4-11-39)57(74)68-51(33-44-37-66-49-16-8-7-15-48(44)49)55(72)34-43(30-41-23-27-63-28-24-41)56(73)69-52(31-40-17-20-46(21-18-40)79-45-13-5-2-6-14-45)58(75)70-53(60(77)71(54)38-47)32-42-12-9-26-64-36-42/h1-18,20-21,26,36-37,41,43,47,50-54,63,66H,19,22-25,27-35,38,62H2,(H,65,78)(H,67,76)(H,68,74)(H,69,73)(H,70,75)/t43-,47-,50+,51-,52+,53+,54+/m1/s1. The Labute approximate surface area is 464 Å². The quantitative estimate of drug-likeness (QED) is 0.0662. The van der Waals surface area contributed by atoms with E-state index >= 15 is 28.8 Å². The highest BCUT2D eigenvalue weighted by Gasteiger charge is 2.45. The van der Waals surface area contributed by atoms with Crippen molar-refractivity contribution >= 4 is 52.3 Å². The third-order valence-electron chi connectivity index (χ3n) is 15.2. The third-order valence-corrected chi connectivity index (χ3v) is 15.2. The molecule has 3 aliphatic heterocycles. The van der Waals surface area contributed by atoms with Gasteiger partial charge in [0.25, 0.3) is 0 Å². The number of carbonyl (C=O) groups excluding carboxylic acids is 7. The molecule has 3 fully saturated rings. The highest BCUT2D eigenvalue weighted by molar-refractivity contribution is 5.99. The summed E-state index contributed by atoms with van der Waals surface area (Å²) in [5.74, 6) is -3.36. The van der Waals surface area contributed by atoms with E-state index in [2.05, 4.69) is 41.9 Å². The van der Waals surface area contributed by atoms with Crippen LogP contribution in [-0.2, 0) is 59.2 Å². The van der Waals surface area contributed by atoms with E-state index in [1.54, 1.807) is 55.0 Å². The lowest BCUT2D eigenvalue weighted by atomic mass is 9.83. The summed E-state index contributed by atoms with van der Waals surface area (Å²) in [5.41, 5.74) is 9.37. The number of alkyl carbamates (subject to hydrolysis) is 1. The fraction of sp³-hybridized carbons (Fsp3) is 0.377. The molecule has 6 aromatic rings. The Hall–Kier alpha value is -8.42. The number of nitrogens with one attached hydrogen (secondary N) is 7. The molecule has 4 aromatic carbocycles. The van der Waals surface area contributed by atoms with E-state index in [1.165, 1.54) is 4.90 Å². The average molecular weight is 1090 g/mol. The SMILES string of the molecule is NCCNC(=O)O[C@@H]1C[C@H]2C(=O)N[C@@H](CCc3ccccc3)C(=O)N[C@H](Cc3c[nH]c4ccccc34)C(=O)C[C@@H](CC3CCNCC3)C(=O)N[C@@H](Cc3ccc(Oc4ccccc4)cc3)C(=O)N[C@@H](Cc3cccnc3)C(=O)N2C1. The van der Waals surface area contributed by atoms with Crippen molar-refractivity contribution in [2.45, 2.75) is 101 Å². The molecule has 0 bridgehead atoms. The van der Waals surface area contributed by atoms with E-state index in [-0.39, 0.29) is 64.1 Å². The minimum atomic E-state index is -1.35. The molecule has 3 aliphatic rings. The predicted octanol–water partition coefficient (Wildman–Crippen LogP) is 4.59. The number of ketones is 1. The number of piperidine rings is 1. The Bertz CT molecular complexity index is 3070. The van der Waals surface area contributed by atoms with Crippen LogP contribution in [0.25, 0.3) is 10.9 Å². The van der Waals surface area contributed by atoms with Gasteiger partial charge in [0.1, 0.15) is 41.8 Å². The minimum absolute atomic E-state index is 0.0306. The number of Topliss-reactive ketones (excluding diaryl/α,β-unsaturated/α-hetero) is 1. The number of benzene rings is 4. The number of rotatable bonds is 16. The molecule has 19 nitrogen and oxygen atoms in total. The summed E-state index contributed by atoms with van der Waals surface area (Å²) in [6, 6.07) is 30.5. The van der Waals surface area contributed by atoms with Gasteiger partial charge in [0.15, 0.2) is 5.78 Å². The number of nitrogens with two attached hydrogens (primary N) is 1. The first-order valence-electron chi connectivity index (χ1n) is 27.7. The molecule has 0 spiro atoms. The number of aromatic nitrogens is 2. The van der Waals surface area contributed by atoms with Gasteiger partial charge in [0, 0.05) is 80.6 Å². The van der Waals surface area contributed by atoms with Crippen LogP contribution in [0.5, 0.6) is 11.5 Å². The first kappa shape index (κ1) is 56.3. The monoisotopic (exact) mass is 1090 g/mol. The van der Waals surface area contributed by atoms with Crippen molar-refractivity contribution in [1.82, 2.24) is 46.8 Å². The number of nitrogens with zero attached hydrogens (tertiary/aromatic N) is 2. The number of aromatic amines is 1. The number of aryl methyl sites for hydroxylation is 1. The largest absolute Gasteiger partial charge is 0.457 e. The van der Waals surface area contributed by atoms with Crippen LogP contribution < -0.4 is 42.4 Å². The molecular formula is C61H70N10O9. The first-order chi connectivity index (χ1) is 39.0. The number of ether oxygens (including phenoxy) is 2. The van der Waals surface area contributed by atoms with Gasteiger partial charge in [-0.2, -0.15) is 0 Å². The van der Waals surface area contributed by atoms with Crippen LogP contribution in [0.3, 0.4) is 0 Å². The van der Waals surface area contributed by atoms with E-state index in [1.807, 2.05) is 84.9 Å². The maximum Gasteiger partial charge on any atom is 0.407 e. The molecule has 19 heteroatoms. The zero-order valence-corrected chi connectivity index (χ0v) is 44.7. The fourth-order valence-corrected chi connectivity index (χ4v) is 10.9. The maximum absolute atomic E-state index is 15.4. The second-order valence-corrected chi connectivity index (χ2v) is 20.9. The Balaban J connectivity index is 1.11. The van der Waals surface area contributed by atoms with E-state index in [0.717, 1.165) is 48.0 Å². The van der Waals surface area contributed by atoms with Crippen molar-refractivity contribution in [3.63, 3.8) is 0 Å². The van der Waals surface area contributed by atoms with Gasteiger partial charge < -0.3 is 57.0 Å². The Kier molecular flexibility index (Phi) is 19.3. The maximum atomic E-state index is 15.4. The molecule has 9 N–H and O–H groups in total. The normalized spacial score (nSPS) is 22.7. The number of fused-ring (bicyclic) bond motifs is 2. The molecule has 80 heavy (non-hydrogen) atoms. The summed E-state index contributed by atoms with van der Waals surface area (Å²) < 4.78 is 11.8. The van der Waals surface area contributed by atoms with Crippen molar-refractivity contribution in [3.05, 3.63) is 162 Å². The van der Waals surface area contributed by atoms with Crippen molar-refractivity contribution in [2.24, 2.45) is 17.6 Å². The molecule has 2 aromatic heterocycles. The second kappa shape index (κ2) is 27.4. The highest BCUT2D eigenvalue weighted by Crippen LogP contribution is 2.29. The van der Waals surface area contributed by atoms with Gasteiger partial charge in [-0.15, -0.1) is 0 Å². The lowest BCUT2D eigenvalue weighted by molar-refractivity contribution is -0.143. The van der Waals surface area contributed by atoms with Crippen LogP contribution in [0, 0.1) is 11.8 Å². The Morgan fingerprint density at radius 3 is 2.09 bits per heavy atom. The summed E-state index contributed by atoms with van der Waals surface area (Å²) in [7, 11) is 0. The summed E-state index contributed by atoms with van der Waals surface area (Å²) in [6.45, 7) is 1.47. The van der Waals surface area contributed by atoms with Gasteiger partial charge in [0.2, 0.25) is 29.5 Å². The van der Waals surface area contributed by atoms with Gasteiger partial charge in [-0.1, -0.05) is 84.9 Å². The Morgan fingerprint density at radius 2 is 1.34 bits per heavy atom. The minimum Gasteiger partial charge on any atom is -0.457 e. The van der Waals surface area contributed by atoms with Crippen molar-refractivity contribution < 1.29 is 43.0 Å². The summed E-state index contributed by atoms with van der Waals surface area (Å²) >= 11 is 0. The smallest absolute Gasteiger partial charge is 0.407 e. The molecule has 9 rings (SSSR count). The number of hydrogen-bond acceptors (Lipinski definition) is 12. The van der Waals surface area contributed by atoms with Gasteiger partial charge in [0.05, 0.1) is 12.6 Å². The van der Waals surface area contributed by atoms with Crippen molar-refractivity contribution in [3.8, 4) is 11.5 Å². The van der Waals surface area contributed by atoms with Crippen LogP contribution in [0.1, 0.15) is 60.8 Å². The summed E-state index contributed by atoms with van der Waals surface area (Å²) in [6.07, 6.45) is 4.96. The fourth-order valence-electron chi connectivity index (χ4n) is 10.9. The summed E-state index contributed by atoms with van der Waals surface area (Å²) in [5, 5.41) is 18.8. The van der Waals surface area contributed by atoms with Crippen LogP contribution in [0.15, 0.2) is 140 Å². The van der Waals surface area contributed by atoms with Crippen molar-refractivity contribution in [2.75, 3.05) is 32.7 Å². The zero-order valence-electron chi connectivity index (χ0n) is 44.7. The molecule has 6 amide bonds. The van der Waals surface area contributed by atoms with Crippen LogP contribution in [-0.4, -0.2) is 125 Å². The lowest BCUT2D eigenvalue weighted by Gasteiger charge is -2.32. The molecule has 418 valence electrons. The molecule has 0 saturated carbocycles. The third kappa shape index (κ3) is 15.2. The summed E-state index contributed by atoms with van der Waals surface area (Å²) in [4.78, 5) is 113. The van der Waals surface area contributed by atoms with Gasteiger partial charge in [-0.05, 0) is 110 Å². The van der Waals surface area contributed by atoms with E-state index < -0.39 is 83.6 Å². The number of amides is 6. The van der Waals surface area contributed by atoms with Crippen molar-refractivity contribution in [1.29, 1.82) is 0 Å². The highest BCUT2D eigenvalue weighted by atomic mass is 16.6. The number of carbonyl (C=O) groups is 7. The van der Waals surface area contributed by atoms with E-state index in [4.69, 9.17) is 15.2 Å². The number of hydrogen-bond donors (Lipinski definition) is 8.